The topological polar surface area (TPSA) is 64.3 Å². The molecule has 0 aliphatic carbocycles. The molecule has 0 unspecified atom stereocenters. The lowest BCUT2D eigenvalue weighted by atomic mass is 10.2. The third kappa shape index (κ3) is 2.93. The quantitative estimate of drug-likeness (QED) is 0.741. The van der Waals surface area contributed by atoms with Gasteiger partial charge in [0.25, 0.3) is 5.89 Å². The number of hydrogen-bond donors (Lipinski definition) is 0. The first-order valence-electron chi connectivity index (χ1n) is 7.58. The van der Waals surface area contributed by atoms with Crippen molar-refractivity contribution in [2.45, 2.75) is 0 Å². The largest absolute Gasteiger partial charge is 0.378 e. The van der Waals surface area contributed by atoms with Gasteiger partial charge < -0.3 is 14.2 Å². The Balaban J connectivity index is 1.55. The average Bonchev–Trinajstić information content (AvgIpc) is 3.14. The van der Waals surface area contributed by atoms with Gasteiger partial charge in [0.15, 0.2) is 0 Å². The van der Waals surface area contributed by atoms with Crippen LogP contribution in [0.25, 0.3) is 22.8 Å². The molecule has 3 heterocycles. The van der Waals surface area contributed by atoms with Gasteiger partial charge in [-0.15, -0.1) is 0 Å². The molecule has 116 valence electrons. The Morgan fingerprint density at radius 3 is 2.48 bits per heavy atom. The van der Waals surface area contributed by atoms with Crippen molar-refractivity contribution in [1.82, 2.24) is 15.1 Å². The second kappa shape index (κ2) is 6.18. The van der Waals surface area contributed by atoms with E-state index in [-0.39, 0.29) is 0 Å². The van der Waals surface area contributed by atoms with E-state index in [9.17, 15) is 0 Å². The highest BCUT2D eigenvalue weighted by atomic mass is 16.5. The van der Waals surface area contributed by atoms with E-state index in [4.69, 9.17) is 9.26 Å². The predicted octanol–water partition coefficient (Wildman–Crippen LogP) is 2.64. The lowest BCUT2D eigenvalue weighted by Crippen LogP contribution is -2.36. The molecule has 0 radical (unpaired) electrons. The van der Waals surface area contributed by atoms with E-state index in [2.05, 4.69) is 20.0 Å². The lowest BCUT2D eigenvalue weighted by Gasteiger charge is -2.27. The highest BCUT2D eigenvalue weighted by molar-refractivity contribution is 5.60. The van der Waals surface area contributed by atoms with Gasteiger partial charge in [-0.2, -0.15) is 4.98 Å². The van der Waals surface area contributed by atoms with E-state index in [1.165, 1.54) is 0 Å². The molecule has 6 nitrogen and oxygen atoms in total. The fraction of sp³-hybridized carbons (Fsp3) is 0.235. The maximum Gasteiger partial charge on any atom is 0.259 e. The number of anilines is 1. The fourth-order valence-corrected chi connectivity index (χ4v) is 2.54. The number of morpholine rings is 1. The van der Waals surface area contributed by atoms with Crippen molar-refractivity contribution in [3.8, 4) is 22.8 Å². The summed E-state index contributed by atoms with van der Waals surface area (Å²) in [6, 6.07) is 13.7. The zero-order valence-corrected chi connectivity index (χ0v) is 12.6. The molecular weight excluding hydrogens is 292 g/mol. The molecule has 4 rings (SSSR count). The van der Waals surface area contributed by atoms with Crippen molar-refractivity contribution in [1.29, 1.82) is 0 Å². The van der Waals surface area contributed by atoms with Crippen LogP contribution < -0.4 is 4.90 Å². The number of aromatic nitrogens is 3. The van der Waals surface area contributed by atoms with E-state index in [1.54, 1.807) is 6.20 Å². The van der Waals surface area contributed by atoms with E-state index in [0.29, 0.717) is 11.7 Å². The predicted molar refractivity (Wildman–Crippen MR) is 86.0 cm³/mol. The molecule has 6 heteroatoms. The van der Waals surface area contributed by atoms with Gasteiger partial charge in [0.2, 0.25) is 5.82 Å². The Bertz CT molecular complexity index is 765. The molecular formula is C17H16N4O2. The van der Waals surface area contributed by atoms with Gasteiger partial charge in [0.05, 0.1) is 18.8 Å². The van der Waals surface area contributed by atoms with Crippen LogP contribution in [0.5, 0.6) is 0 Å². The Morgan fingerprint density at radius 1 is 0.913 bits per heavy atom. The monoisotopic (exact) mass is 308 g/mol. The molecule has 1 aliphatic heterocycles. The third-order valence-corrected chi connectivity index (χ3v) is 3.79. The summed E-state index contributed by atoms with van der Waals surface area (Å²) in [6.45, 7) is 3.22. The summed E-state index contributed by atoms with van der Waals surface area (Å²) in [4.78, 5) is 11.1. The van der Waals surface area contributed by atoms with Gasteiger partial charge in [0.1, 0.15) is 5.82 Å². The summed E-state index contributed by atoms with van der Waals surface area (Å²) in [6.07, 6.45) is 1.77. The number of pyridine rings is 1. The van der Waals surface area contributed by atoms with Crippen molar-refractivity contribution in [3.63, 3.8) is 0 Å². The van der Waals surface area contributed by atoms with Crippen LogP contribution in [-0.4, -0.2) is 41.4 Å². The Kier molecular flexibility index (Phi) is 3.73. The molecule has 0 spiro atoms. The minimum absolute atomic E-state index is 0.477. The average molecular weight is 308 g/mol. The van der Waals surface area contributed by atoms with E-state index in [0.717, 1.165) is 43.2 Å². The van der Waals surface area contributed by atoms with E-state index >= 15 is 0 Å². The normalized spacial score (nSPS) is 14.9. The van der Waals surface area contributed by atoms with Crippen molar-refractivity contribution in [3.05, 3.63) is 48.7 Å². The maximum atomic E-state index is 5.36. The first-order valence-corrected chi connectivity index (χ1v) is 7.58. The van der Waals surface area contributed by atoms with Crippen molar-refractivity contribution in [2.24, 2.45) is 0 Å². The van der Waals surface area contributed by atoms with E-state index in [1.807, 2.05) is 42.5 Å². The second-order valence-electron chi connectivity index (χ2n) is 5.29. The van der Waals surface area contributed by atoms with Gasteiger partial charge in [-0.3, -0.25) is 0 Å². The molecule has 1 saturated heterocycles. The van der Waals surface area contributed by atoms with Crippen molar-refractivity contribution >= 4 is 5.82 Å². The molecule has 0 N–H and O–H groups in total. The number of rotatable bonds is 3. The third-order valence-electron chi connectivity index (χ3n) is 3.79. The van der Waals surface area contributed by atoms with Crippen LogP contribution in [0.15, 0.2) is 53.2 Å². The molecule has 1 aromatic carbocycles. The number of ether oxygens (including phenoxy) is 1. The summed E-state index contributed by atoms with van der Waals surface area (Å²) >= 11 is 0. The molecule has 2 aromatic heterocycles. The van der Waals surface area contributed by atoms with Crippen LogP contribution in [0.4, 0.5) is 5.82 Å². The Hall–Kier alpha value is -2.73. The molecule has 23 heavy (non-hydrogen) atoms. The molecule has 3 aromatic rings. The van der Waals surface area contributed by atoms with Crippen molar-refractivity contribution < 1.29 is 9.26 Å². The molecule has 1 aliphatic rings. The number of benzene rings is 1. The fourth-order valence-electron chi connectivity index (χ4n) is 2.54. The smallest absolute Gasteiger partial charge is 0.259 e. The summed E-state index contributed by atoms with van der Waals surface area (Å²) in [5.41, 5.74) is 1.75. The van der Waals surface area contributed by atoms with Crippen molar-refractivity contribution in [2.75, 3.05) is 31.2 Å². The van der Waals surface area contributed by atoms with Gasteiger partial charge in [-0.25, -0.2) is 4.98 Å². The first-order chi connectivity index (χ1) is 11.4. The SMILES string of the molecule is c1ccc(-c2noc(-c3ccc(N4CCOCC4)nc3)n2)cc1. The Labute approximate surface area is 133 Å². The standard InChI is InChI=1S/C17H16N4O2/c1-2-4-13(5-3-1)16-19-17(23-20-16)14-6-7-15(18-12-14)21-8-10-22-11-9-21/h1-7,12H,8-11H2. The van der Waals surface area contributed by atoms with E-state index < -0.39 is 0 Å². The van der Waals surface area contributed by atoms with Crippen LogP contribution in [0, 0.1) is 0 Å². The van der Waals surface area contributed by atoms with Gasteiger partial charge >= 0.3 is 0 Å². The van der Waals surface area contributed by atoms with Crippen LogP contribution >= 0.6 is 0 Å². The number of nitrogens with zero attached hydrogens (tertiary/aromatic N) is 4. The van der Waals surface area contributed by atoms with Crippen LogP contribution in [-0.2, 0) is 4.74 Å². The minimum Gasteiger partial charge on any atom is -0.378 e. The summed E-state index contributed by atoms with van der Waals surface area (Å²) in [7, 11) is 0. The minimum atomic E-state index is 0.477. The van der Waals surface area contributed by atoms with Gasteiger partial charge in [-0.05, 0) is 12.1 Å². The van der Waals surface area contributed by atoms with Gasteiger partial charge in [-0.1, -0.05) is 35.5 Å². The molecule has 0 saturated carbocycles. The maximum absolute atomic E-state index is 5.36. The highest BCUT2D eigenvalue weighted by Crippen LogP contribution is 2.23. The zero-order valence-electron chi connectivity index (χ0n) is 12.6. The summed E-state index contributed by atoms with van der Waals surface area (Å²) < 4.78 is 10.7. The highest BCUT2D eigenvalue weighted by Gasteiger charge is 2.14. The number of hydrogen-bond acceptors (Lipinski definition) is 6. The summed E-state index contributed by atoms with van der Waals surface area (Å²) in [5.74, 6) is 2.00. The zero-order chi connectivity index (χ0) is 15.5. The summed E-state index contributed by atoms with van der Waals surface area (Å²) in [5, 5.41) is 4.03. The molecule has 0 bridgehead atoms. The van der Waals surface area contributed by atoms with Gasteiger partial charge in [0, 0.05) is 24.8 Å². The van der Waals surface area contributed by atoms with Crippen LogP contribution in [0.1, 0.15) is 0 Å². The molecule has 0 amide bonds. The van der Waals surface area contributed by atoms with Crippen LogP contribution in [0.2, 0.25) is 0 Å². The second-order valence-corrected chi connectivity index (χ2v) is 5.29. The molecule has 0 atom stereocenters. The van der Waals surface area contributed by atoms with Crippen LogP contribution in [0.3, 0.4) is 0 Å². The molecule has 1 fully saturated rings. The Morgan fingerprint density at radius 2 is 1.74 bits per heavy atom. The first kappa shape index (κ1) is 13.9. The lowest BCUT2D eigenvalue weighted by molar-refractivity contribution is 0.122.